The summed E-state index contributed by atoms with van der Waals surface area (Å²) in [6, 6.07) is 9.79. The van der Waals surface area contributed by atoms with Crippen molar-refractivity contribution < 1.29 is 5.11 Å². The molecule has 0 aliphatic heterocycles. The molecule has 0 atom stereocenters. The van der Waals surface area contributed by atoms with Crippen LogP contribution in [0.15, 0.2) is 24.3 Å². The summed E-state index contributed by atoms with van der Waals surface area (Å²) in [5.41, 5.74) is 2.45. The first-order valence-electron chi connectivity index (χ1n) is 5.41. The number of anilines is 1. The number of nitriles is 1. The number of fused-ring (bicyclic) bond motifs is 1. The molecule has 0 fully saturated rings. The molecule has 2 N–H and O–H groups in total. The van der Waals surface area contributed by atoms with Crippen molar-refractivity contribution in [3.63, 3.8) is 0 Å². The van der Waals surface area contributed by atoms with Crippen LogP contribution >= 0.6 is 0 Å². The molecule has 17 heavy (non-hydrogen) atoms. The van der Waals surface area contributed by atoms with Crippen molar-refractivity contribution in [1.82, 2.24) is 4.98 Å². The van der Waals surface area contributed by atoms with E-state index in [4.69, 9.17) is 10.4 Å². The number of para-hydroxylation sites is 1. The predicted molar refractivity (Wildman–Crippen MR) is 66.8 cm³/mol. The van der Waals surface area contributed by atoms with Gasteiger partial charge >= 0.3 is 0 Å². The predicted octanol–water partition coefficient (Wildman–Crippen LogP) is 1.82. The Bertz CT molecular complexity index is 587. The first-order chi connectivity index (χ1) is 8.26. The maximum Gasteiger partial charge on any atom is 0.144 e. The van der Waals surface area contributed by atoms with Crippen LogP contribution in [0, 0.1) is 18.3 Å². The van der Waals surface area contributed by atoms with Crippen LogP contribution in [0.1, 0.15) is 11.1 Å². The molecule has 0 aliphatic rings. The molecule has 1 aromatic carbocycles. The fourth-order valence-electron chi connectivity index (χ4n) is 1.74. The van der Waals surface area contributed by atoms with E-state index in [-0.39, 0.29) is 6.61 Å². The first-order valence-corrected chi connectivity index (χ1v) is 5.41. The minimum Gasteiger partial charge on any atom is -0.395 e. The van der Waals surface area contributed by atoms with Gasteiger partial charge in [-0.3, -0.25) is 0 Å². The lowest BCUT2D eigenvalue weighted by Crippen LogP contribution is -2.08. The summed E-state index contributed by atoms with van der Waals surface area (Å²) in [5.74, 6) is 0.531. The van der Waals surface area contributed by atoms with Crippen molar-refractivity contribution >= 4 is 16.7 Å². The van der Waals surface area contributed by atoms with Gasteiger partial charge in [0, 0.05) is 11.9 Å². The van der Waals surface area contributed by atoms with Crippen LogP contribution < -0.4 is 5.32 Å². The second-order valence-corrected chi connectivity index (χ2v) is 3.79. The van der Waals surface area contributed by atoms with Crippen LogP contribution in [-0.2, 0) is 0 Å². The number of rotatable bonds is 3. The third kappa shape index (κ3) is 2.19. The number of aliphatic hydroxyl groups excluding tert-OH is 1. The molecule has 0 aliphatic carbocycles. The van der Waals surface area contributed by atoms with Gasteiger partial charge in [-0.1, -0.05) is 18.2 Å². The van der Waals surface area contributed by atoms with E-state index in [9.17, 15) is 0 Å². The molecule has 0 amide bonds. The molecule has 86 valence electrons. The van der Waals surface area contributed by atoms with Crippen molar-refractivity contribution in [2.45, 2.75) is 6.92 Å². The Kier molecular flexibility index (Phi) is 3.22. The largest absolute Gasteiger partial charge is 0.395 e. The third-order valence-corrected chi connectivity index (χ3v) is 2.57. The van der Waals surface area contributed by atoms with Gasteiger partial charge in [-0.2, -0.15) is 5.26 Å². The van der Waals surface area contributed by atoms with E-state index >= 15 is 0 Å². The van der Waals surface area contributed by atoms with E-state index in [1.165, 1.54) is 0 Å². The normalized spacial score (nSPS) is 10.2. The quantitative estimate of drug-likeness (QED) is 0.839. The number of aliphatic hydroxyl groups is 1. The lowest BCUT2D eigenvalue weighted by atomic mass is 10.1. The highest BCUT2D eigenvalue weighted by molar-refractivity contribution is 5.85. The van der Waals surface area contributed by atoms with E-state index in [0.29, 0.717) is 17.9 Å². The Morgan fingerprint density at radius 1 is 1.47 bits per heavy atom. The van der Waals surface area contributed by atoms with Gasteiger partial charge in [0.1, 0.15) is 11.9 Å². The highest BCUT2D eigenvalue weighted by Crippen LogP contribution is 2.22. The Morgan fingerprint density at radius 3 is 3.00 bits per heavy atom. The number of benzene rings is 1. The molecule has 0 bridgehead atoms. The standard InChI is InChI=1S/C13H13N3O/c1-9-3-2-4-10-7-11(8-14)13(15-5-6-17)16-12(9)10/h2-4,7,17H,5-6H2,1H3,(H,15,16). The number of nitrogens with one attached hydrogen (secondary N) is 1. The monoisotopic (exact) mass is 227 g/mol. The summed E-state index contributed by atoms with van der Waals surface area (Å²) in [7, 11) is 0. The van der Waals surface area contributed by atoms with Crippen molar-refractivity contribution in [2.75, 3.05) is 18.5 Å². The molecule has 0 unspecified atom stereocenters. The fourth-order valence-corrected chi connectivity index (χ4v) is 1.74. The van der Waals surface area contributed by atoms with Crippen molar-refractivity contribution in [3.8, 4) is 6.07 Å². The minimum absolute atomic E-state index is 0.0123. The van der Waals surface area contributed by atoms with Crippen LogP contribution in [0.4, 0.5) is 5.82 Å². The number of hydrogen-bond donors (Lipinski definition) is 2. The maximum absolute atomic E-state index is 9.05. The van der Waals surface area contributed by atoms with Crippen LogP contribution in [0.5, 0.6) is 0 Å². The van der Waals surface area contributed by atoms with Crippen LogP contribution in [0.2, 0.25) is 0 Å². The highest BCUT2D eigenvalue weighted by Gasteiger charge is 2.07. The van der Waals surface area contributed by atoms with E-state index < -0.39 is 0 Å². The zero-order valence-electron chi connectivity index (χ0n) is 9.57. The molecule has 4 heteroatoms. The SMILES string of the molecule is Cc1cccc2cc(C#N)c(NCCO)nc12. The van der Waals surface area contributed by atoms with Gasteiger partial charge in [0.05, 0.1) is 17.7 Å². The Hall–Kier alpha value is -2.12. The second-order valence-electron chi connectivity index (χ2n) is 3.79. The minimum atomic E-state index is 0.0123. The van der Waals surface area contributed by atoms with Crippen LogP contribution in [0.3, 0.4) is 0 Å². The smallest absolute Gasteiger partial charge is 0.144 e. The zero-order valence-corrected chi connectivity index (χ0v) is 9.57. The van der Waals surface area contributed by atoms with Crippen molar-refractivity contribution in [1.29, 1.82) is 5.26 Å². The number of nitrogens with zero attached hydrogens (tertiary/aromatic N) is 2. The summed E-state index contributed by atoms with van der Waals surface area (Å²) in [6.45, 7) is 2.38. The zero-order chi connectivity index (χ0) is 12.3. The van der Waals surface area contributed by atoms with Gasteiger partial charge in [0.2, 0.25) is 0 Å². The number of aryl methyl sites for hydroxylation is 1. The average Bonchev–Trinajstić information content (AvgIpc) is 2.36. The van der Waals surface area contributed by atoms with Gasteiger partial charge in [0.25, 0.3) is 0 Å². The van der Waals surface area contributed by atoms with E-state index in [2.05, 4.69) is 16.4 Å². The topological polar surface area (TPSA) is 68.9 Å². The molecule has 1 aromatic heterocycles. The summed E-state index contributed by atoms with van der Waals surface area (Å²) >= 11 is 0. The Labute approximate surface area is 99.5 Å². The number of hydrogen-bond acceptors (Lipinski definition) is 4. The van der Waals surface area contributed by atoms with Gasteiger partial charge in [-0.25, -0.2) is 4.98 Å². The molecule has 1 heterocycles. The summed E-state index contributed by atoms with van der Waals surface area (Å²) in [6.07, 6.45) is 0. The summed E-state index contributed by atoms with van der Waals surface area (Å²) in [5, 5.41) is 21.7. The summed E-state index contributed by atoms with van der Waals surface area (Å²) in [4.78, 5) is 4.44. The van der Waals surface area contributed by atoms with Gasteiger partial charge < -0.3 is 10.4 Å². The number of pyridine rings is 1. The Morgan fingerprint density at radius 2 is 2.29 bits per heavy atom. The molecule has 0 radical (unpaired) electrons. The molecule has 2 aromatic rings. The van der Waals surface area contributed by atoms with Crippen LogP contribution in [0.25, 0.3) is 10.9 Å². The fraction of sp³-hybridized carbons (Fsp3) is 0.231. The second kappa shape index (κ2) is 4.81. The van der Waals surface area contributed by atoms with E-state index in [1.807, 2.05) is 31.2 Å². The molecule has 0 saturated carbocycles. The van der Waals surface area contributed by atoms with Gasteiger partial charge in [-0.15, -0.1) is 0 Å². The van der Waals surface area contributed by atoms with Gasteiger partial charge in [-0.05, 0) is 18.6 Å². The van der Waals surface area contributed by atoms with Gasteiger partial charge in [0.15, 0.2) is 0 Å². The van der Waals surface area contributed by atoms with Crippen molar-refractivity contribution in [2.24, 2.45) is 0 Å². The molecular weight excluding hydrogens is 214 g/mol. The summed E-state index contributed by atoms with van der Waals surface area (Å²) < 4.78 is 0. The first kappa shape index (κ1) is 11.4. The third-order valence-electron chi connectivity index (χ3n) is 2.57. The van der Waals surface area contributed by atoms with Crippen molar-refractivity contribution in [3.05, 3.63) is 35.4 Å². The maximum atomic E-state index is 9.05. The Balaban J connectivity index is 2.58. The molecular formula is C13H13N3O. The lowest BCUT2D eigenvalue weighted by molar-refractivity contribution is 0.311. The molecule has 4 nitrogen and oxygen atoms in total. The molecule has 2 rings (SSSR count). The number of aromatic nitrogens is 1. The lowest BCUT2D eigenvalue weighted by Gasteiger charge is -2.08. The van der Waals surface area contributed by atoms with E-state index in [0.717, 1.165) is 16.5 Å². The highest BCUT2D eigenvalue weighted by atomic mass is 16.3. The molecule has 0 spiro atoms. The van der Waals surface area contributed by atoms with E-state index in [1.54, 1.807) is 0 Å². The average molecular weight is 227 g/mol. The molecule has 0 saturated heterocycles. The van der Waals surface area contributed by atoms with Crippen LogP contribution in [-0.4, -0.2) is 23.2 Å².